The third-order valence-corrected chi connectivity index (χ3v) is 6.93. The molecule has 29 heavy (non-hydrogen) atoms. The van der Waals surface area contributed by atoms with Gasteiger partial charge in [-0.25, -0.2) is 4.98 Å². The number of nitrogens with two attached hydrogens (primary N) is 2. The normalized spacial score (nSPS) is 16.7. The van der Waals surface area contributed by atoms with Gasteiger partial charge in [-0.1, -0.05) is 12.1 Å². The van der Waals surface area contributed by atoms with Crippen molar-refractivity contribution in [2.75, 3.05) is 28.6 Å². The van der Waals surface area contributed by atoms with E-state index in [1.54, 1.807) is 27.2 Å². The van der Waals surface area contributed by atoms with E-state index in [0.29, 0.717) is 5.82 Å². The summed E-state index contributed by atoms with van der Waals surface area (Å²) in [4.78, 5) is 12.1. The fourth-order valence-corrected chi connectivity index (χ4v) is 5.19. The molecule has 0 bridgehead atoms. The zero-order chi connectivity index (χ0) is 19.8. The van der Waals surface area contributed by atoms with Crippen LogP contribution in [0.4, 0.5) is 17.3 Å². The molecule has 150 valence electrons. The number of hydrogen-bond donors (Lipinski definition) is 2. The molecule has 0 saturated carbocycles. The van der Waals surface area contributed by atoms with Crippen LogP contribution in [0.2, 0.25) is 0 Å². The van der Waals surface area contributed by atoms with Gasteiger partial charge in [0.1, 0.15) is 17.3 Å². The van der Waals surface area contributed by atoms with Gasteiger partial charge in [0.05, 0.1) is 19.3 Å². The molecule has 7 nitrogen and oxygen atoms in total. The number of fused-ring (bicyclic) bond motifs is 1. The van der Waals surface area contributed by atoms with Crippen molar-refractivity contribution in [1.82, 2.24) is 14.6 Å². The monoisotopic (exact) mass is 425 g/mol. The molecule has 5 rings (SSSR count). The van der Waals surface area contributed by atoms with Crippen LogP contribution in [0.3, 0.4) is 0 Å². The van der Waals surface area contributed by atoms with Gasteiger partial charge < -0.3 is 21.3 Å². The summed E-state index contributed by atoms with van der Waals surface area (Å²) >= 11 is 3.52. The van der Waals surface area contributed by atoms with E-state index in [1.165, 1.54) is 9.75 Å². The first-order valence-corrected chi connectivity index (χ1v) is 11.4. The Balaban J connectivity index is 1.55. The Bertz CT molecular complexity index is 1050. The van der Waals surface area contributed by atoms with E-state index in [9.17, 15) is 0 Å². The zero-order valence-electron chi connectivity index (χ0n) is 15.9. The second-order valence-corrected chi connectivity index (χ2v) is 9.38. The molecule has 4 aromatic heterocycles. The Morgan fingerprint density at radius 3 is 2.45 bits per heavy atom. The maximum atomic E-state index is 6.33. The summed E-state index contributed by atoms with van der Waals surface area (Å²) in [6.45, 7) is 3.32. The van der Waals surface area contributed by atoms with Gasteiger partial charge in [-0.2, -0.15) is 9.61 Å². The molecular formula is C20H23N7S2. The molecule has 9 heteroatoms. The quantitative estimate of drug-likeness (QED) is 0.493. The molecule has 0 aliphatic carbocycles. The Labute approximate surface area is 177 Å². The summed E-state index contributed by atoms with van der Waals surface area (Å²) in [6, 6.07) is 10.6. The Hall–Kier alpha value is -2.62. The molecular weight excluding hydrogens is 402 g/mol. The first-order chi connectivity index (χ1) is 14.2. The lowest BCUT2D eigenvalue weighted by molar-refractivity contribution is 0.751. The van der Waals surface area contributed by atoms with Crippen molar-refractivity contribution in [3.05, 3.63) is 57.0 Å². The summed E-state index contributed by atoms with van der Waals surface area (Å²) < 4.78 is 1.73. The predicted molar refractivity (Wildman–Crippen MR) is 121 cm³/mol. The van der Waals surface area contributed by atoms with Crippen molar-refractivity contribution >= 4 is 45.6 Å². The van der Waals surface area contributed by atoms with Gasteiger partial charge in [0.15, 0.2) is 5.65 Å². The number of nitrogens with zero attached hydrogens (tertiary/aromatic N) is 5. The largest absolute Gasteiger partial charge is 0.383 e. The second kappa shape index (κ2) is 7.66. The first kappa shape index (κ1) is 18.4. The van der Waals surface area contributed by atoms with E-state index >= 15 is 0 Å². The van der Waals surface area contributed by atoms with Gasteiger partial charge in [-0.3, -0.25) is 0 Å². The standard InChI is InChI=1S/C20H23N7S2/c21-14-5-6-25(11-14)19-9-18(22)27-20(24-19)17(10-23-27)26(12-15-3-1-7-28-15)13-16-4-2-8-29-16/h1-4,7-10,14H,5-6,11-13,21-22H2/t14-/m0/s1. The molecule has 1 fully saturated rings. The van der Waals surface area contributed by atoms with Crippen molar-refractivity contribution in [2.24, 2.45) is 5.73 Å². The molecule has 1 aliphatic heterocycles. The minimum absolute atomic E-state index is 0.188. The second-order valence-electron chi connectivity index (χ2n) is 7.31. The van der Waals surface area contributed by atoms with Crippen LogP contribution in [0.5, 0.6) is 0 Å². The predicted octanol–water partition coefficient (Wildman–Crippen LogP) is 3.18. The maximum absolute atomic E-state index is 6.33. The van der Waals surface area contributed by atoms with E-state index in [4.69, 9.17) is 16.5 Å². The topological polar surface area (TPSA) is 88.7 Å². The van der Waals surface area contributed by atoms with Crippen molar-refractivity contribution < 1.29 is 0 Å². The molecule has 1 saturated heterocycles. The number of anilines is 3. The molecule has 4 N–H and O–H groups in total. The van der Waals surface area contributed by atoms with E-state index in [1.807, 2.05) is 12.3 Å². The molecule has 0 amide bonds. The summed E-state index contributed by atoms with van der Waals surface area (Å²) in [7, 11) is 0. The van der Waals surface area contributed by atoms with Crippen LogP contribution in [0.15, 0.2) is 47.3 Å². The smallest absolute Gasteiger partial charge is 0.183 e. The van der Waals surface area contributed by atoms with Crippen molar-refractivity contribution in [3.63, 3.8) is 0 Å². The fourth-order valence-electron chi connectivity index (χ4n) is 3.75. The number of nitrogen functional groups attached to an aromatic ring is 1. The van der Waals surface area contributed by atoms with E-state index in [-0.39, 0.29) is 6.04 Å². The maximum Gasteiger partial charge on any atom is 0.183 e. The third-order valence-electron chi connectivity index (χ3n) is 5.21. The fraction of sp³-hybridized carbons (Fsp3) is 0.300. The van der Waals surface area contributed by atoms with Crippen LogP contribution in [-0.2, 0) is 13.1 Å². The van der Waals surface area contributed by atoms with Crippen LogP contribution in [-0.4, -0.2) is 33.7 Å². The molecule has 0 unspecified atom stereocenters. The average Bonchev–Trinajstić information content (AvgIpc) is 3.49. The van der Waals surface area contributed by atoms with Crippen LogP contribution in [0.1, 0.15) is 16.2 Å². The van der Waals surface area contributed by atoms with Crippen molar-refractivity contribution in [3.8, 4) is 0 Å². The van der Waals surface area contributed by atoms with Gasteiger partial charge in [0, 0.05) is 35.0 Å². The van der Waals surface area contributed by atoms with Crippen molar-refractivity contribution in [2.45, 2.75) is 25.6 Å². The third kappa shape index (κ3) is 3.68. The molecule has 5 heterocycles. The van der Waals surface area contributed by atoms with E-state index in [2.05, 4.69) is 49.9 Å². The first-order valence-electron chi connectivity index (χ1n) is 9.62. The lowest BCUT2D eigenvalue weighted by Crippen LogP contribution is -2.27. The molecule has 0 spiro atoms. The highest BCUT2D eigenvalue weighted by atomic mass is 32.1. The summed E-state index contributed by atoms with van der Waals surface area (Å²) in [5.41, 5.74) is 14.2. The average molecular weight is 426 g/mol. The highest BCUT2D eigenvalue weighted by Crippen LogP contribution is 2.30. The van der Waals surface area contributed by atoms with Crippen molar-refractivity contribution in [1.29, 1.82) is 0 Å². The highest BCUT2D eigenvalue weighted by Gasteiger charge is 2.23. The van der Waals surface area contributed by atoms with E-state index < -0.39 is 0 Å². The van der Waals surface area contributed by atoms with Crippen LogP contribution in [0.25, 0.3) is 5.65 Å². The molecule has 0 aromatic carbocycles. The number of aromatic nitrogens is 3. The van der Waals surface area contributed by atoms with Crippen LogP contribution >= 0.6 is 22.7 Å². The molecule has 1 atom stereocenters. The zero-order valence-corrected chi connectivity index (χ0v) is 17.6. The number of rotatable bonds is 6. The Morgan fingerprint density at radius 2 is 1.86 bits per heavy atom. The summed E-state index contributed by atoms with van der Waals surface area (Å²) in [5, 5.41) is 8.75. The Morgan fingerprint density at radius 1 is 1.14 bits per heavy atom. The lowest BCUT2D eigenvalue weighted by atomic mass is 10.3. The van der Waals surface area contributed by atoms with Gasteiger partial charge in [0.25, 0.3) is 0 Å². The van der Waals surface area contributed by atoms with Crippen LogP contribution in [0, 0.1) is 0 Å². The lowest BCUT2D eigenvalue weighted by Gasteiger charge is -2.23. The minimum Gasteiger partial charge on any atom is -0.383 e. The minimum atomic E-state index is 0.188. The molecule has 4 aromatic rings. The number of thiophene rings is 2. The summed E-state index contributed by atoms with van der Waals surface area (Å²) in [5.74, 6) is 1.46. The Kier molecular flexibility index (Phi) is 4.86. The van der Waals surface area contributed by atoms with Gasteiger partial charge in [0.2, 0.25) is 0 Å². The van der Waals surface area contributed by atoms with Gasteiger partial charge in [-0.15, -0.1) is 22.7 Å². The SMILES string of the molecule is Nc1cc(N2CC[C@H](N)C2)nc2c(N(Cc3cccs3)Cc3cccs3)cnn12. The van der Waals surface area contributed by atoms with Gasteiger partial charge >= 0.3 is 0 Å². The number of hydrogen-bond acceptors (Lipinski definition) is 8. The van der Waals surface area contributed by atoms with Crippen LogP contribution < -0.4 is 21.3 Å². The summed E-state index contributed by atoms with van der Waals surface area (Å²) in [6.07, 6.45) is 2.85. The molecule has 1 aliphatic rings. The van der Waals surface area contributed by atoms with Gasteiger partial charge in [-0.05, 0) is 29.3 Å². The van der Waals surface area contributed by atoms with E-state index in [0.717, 1.165) is 49.8 Å². The molecule has 0 radical (unpaired) electrons. The highest BCUT2D eigenvalue weighted by molar-refractivity contribution is 7.10.